The van der Waals surface area contributed by atoms with Crippen LogP contribution in [0.5, 0.6) is 0 Å². The molecule has 2 atom stereocenters. The molecule has 1 aliphatic heterocycles. The SMILES string of the molecule is C[C@H](O[C@H]1OCCN=C1c1ccc(F)cc1)c1cc(C(F)(F)F)cc(C(F)(F)F)c1. The molecule has 2 aromatic carbocycles. The second kappa shape index (κ2) is 8.35. The van der Waals surface area contributed by atoms with Crippen molar-refractivity contribution in [1.29, 1.82) is 0 Å². The summed E-state index contributed by atoms with van der Waals surface area (Å²) in [5.41, 5.74) is -2.44. The molecule has 0 saturated carbocycles. The first kappa shape index (κ1) is 22.2. The zero-order valence-electron chi connectivity index (χ0n) is 15.5. The first-order valence-corrected chi connectivity index (χ1v) is 8.82. The van der Waals surface area contributed by atoms with E-state index in [1.807, 2.05) is 0 Å². The third-order valence-electron chi connectivity index (χ3n) is 4.41. The Morgan fingerprint density at radius 1 is 0.967 bits per heavy atom. The summed E-state index contributed by atoms with van der Waals surface area (Å²) in [5, 5.41) is 0. The third kappa shape index (κ3) is 5.17. The molecule has 0 fully saturated rings. The lowest BCUT2D eigenvalue weighted by Gasteiger charge is -2.28. The Morgan fingerprint density at radius 2 is 1.53 bits per heavy atom. The van der Waals surface area contributed by atoms with Gasteiger partial charge in [0, 0.05) is 5.56 Å². The fourth-order valence-electron chi connectivity index (χ4n) is 2.91. The van der Waals surface area contributed by atoms with Gasteiger partial charge in [-0.2, -0.15) is 26.3 Å². The molecule has 0 aliphatic carbocycles. The lowest BCUT2D eigenvalue weighted by atomic mass is 10.0. The van der Waals surface area contributed by atoms with Crippen LogP contribution in [0.25, 0.3) is 0 Å². The van der Waals surface area contributed by atoms with E-state index in [1.54, 1.807) is 0 Å². The summed E-state index contributed by atoms with van der Waals surface area (Å²) in [6.07, 6.45) is -12.2. The van der Waals surface area contributed by atoms with Crippen LogP contribution in [0.2, 0.25) is 0 Å². The van der Waals surface area contributed by atoms with Crippen molar-refractivity contribution in [3.8, 4) is 0 Å². The van der Waals surface area contributed by atoms with Crippen molar-refractivity contribution in [3.05, 3.63) is 70.5 Å². The highest BCUT2D eigenvalue weighted by Gasteiger charge is 2.37. The van der Waals surface area contributed by atoms with Crippen LogP contribution in [0.4, 0.5) is 30.7 Å². The van der Waals surface area contributed by atoms with E-state index in [9.17, 15) is 30.7 Å². The largest absolute Gasteiger partial charge is 0.416 e. The monoisotopic (exact) mass is 435 g/mol. The summed E-state index contributed by atoms with van der Waals surface area (Å²) < 4.78 is 103. The van der Waals surface area contributed by atoms with Crippen molar-refractivity contribution in [1.82, 2.24) is 0 Å². The molecule has 0 amide bonds. The molecule has 3 rings (SSSR count). The zero-order valence-corrected chi connectivity index (χ0v) is 15.5. The average molecular weight is 435 g/mol. The summed E-state index contributed by atoms with van der Waals surface area (Å²) in [6, 6.07) is 6.50. The van der Waals surface area contributed by atoms with E-state index in [2.05, 4.69) is 4.99 Å². The molecular weight excluding hydrogens is 419 g/mol. The Morgan fingerprint density at radius 3 is 2.07 bits per heavy atom. The highest BCUT2D eigenvalue weighted by atomic mass is 19.4. The minimum atomic E-state index is -4.96. The second-order valence-electron chi connectivity index (χ2n) is 6.59. The van der Waals surface area contributed by atoms with E-state index >= 15 is 0 Å². The molecule has 1 heterocycles. The van der Waals surface area contributed by atoms with E-state index in [0.717, 1.165) is 0 Å². The summed E-state index contributed by atoms with van der Waals surface area (Å²) in [4.78, 5) is 4.26. The highest BCUT2D eigenvalue weighted by Crippen LogP contribution is 2.38. The summed E-state index contributed by atoms with van der Waals surface area (Å²) in [6.45, 7) is 1.75. The third-order valence-corrected chi connectivity index (χ3v) is 4.41. The topological polar surface area (TPSA) is 30.8 Å². The Bertz CT molecular complexity index is 888. The van der Waals surface area contributed by atoms with Gasteiger partial charge in [-0.3, -0.25) is 4.99 Å². The van der Waals surface area contributed by atoms with Crippen LogP contribution in [0.1, 0.15) is 35.3 Å². The van der Waals surface area contributed by atoms with E-state index in [1.165, 1.54) is 31.2 Å². The maximum atomic E-state index is 13.2. The molecule has 0 unspecified atom stereocenters. The molecule has 0 bridgehead atoms. The molecule has 3 nitrogen and oxygen atoms in total. The quantitative estimate of drug-likeness (QED) is 0.570. The highest BCUT2D eigenvalue weighted by molar-refractivity contribution is 6.03. The predicted molar refractivity (Wildman–Crippen MR) is 93.5 cm³/mol. The number of ether oxygens (including phenoxy) is 2. The van der Waals surface area contributed by atoms with Crippen LogP contribution < -0.4 is 0 Å². The molecule has 0 radical (unpaired) electrons. The predicted octanol–water partition coefficient (Wildman–Crippen LogP) is 5.79. The normalized spacial score (nSPS) is 18.8. The van der Waals surface area contributed by atoms with E-state index < -0.39 is 41.7 Å². The molecule has 0 spiro atoms. The van der Waals surface area contributed by atoms with Crippen molar-refractivity contribution in [2.24, 2.45) is 4.99 Å². The number of halogens is 7. The maximum absolute atomic E-state index is 13.2. The Balaban J connectivity index is 1.90. The van der Waals surface area contributed by atoms with Gasteiger partial charge in [0.25, 0.3) is 0 Å². The molecule has 10 heteroatoms. The number of hydrogen-bond acceptors (Lipinski definition) is 3. The van der Waals surface area contributed by atoms with Gasteiger partial charge in [-0.05, 0) is 42.8 Å². The van der Waals surface area contributed by atoms with Gasteiger partial charge < -0.3 is 9.47 Å². The number of benzene rings is 2. The van der Waals surface area contributed by atoms with Crippen LogP contribution in [0.15, 0.2) is 47.5 Å². The van der Waals surface area contributed by atoms with Gasteiger partial charge in [0.1, 0.15) is 5.82 Å². The number of nitrogens with zero attached hydrogens (tertiary/aromatic N) is 1. The molecular formula is C20H16F7NO2. The van der Waals surface area contributed by atoms with Crippen LogP contribution in [-0.2, 0) is 21.8 Å². The van der Waals surface area contributed by atoms with E-state index in [0.29, 0.717) is 17.7 Å². The smallest absolute Gasteiger partial charge is 0.345 e. The maximum Gasteiger partial charge on any atom is 0.416 e. The number of alkyl halides is 6. The van der Waals surface area contributed by atoms with Crippen molar-refractivity contribution in [3.63, 3.8) is 0 Å². The Kier molecular flexibility index (Phi) is 6.19. The van der Waals surface area contributed by atoms with Crippen molar-refractivity contribution in [2.75, 3.05) is 13.2 Å². The summed E-state index contributed by atoms with van der Waals surface area (Å²) >= 11 is 0. The number of aliphatic imine (C=N–C) groups is 1. The van der Waals surface area contributed by atoms with Gasteiger partial charge in [-0.1, -0.05) is 12.1 Å². The standard InChI is InChI=1S/C20H16F7NO2/c1-11(13-8-14(19(22,23)24)10-15(9-13)20(25,26)27)30-18-17(28-6-7-29-18)12-2-4-16(21)5-3-12/h2-5,8-11,18H,6-7H2,1H3/t11-,18+/m0/s1. The average Bonchev–Trinajstić information content (AvgIpc) is 2.67. The first-order valence-electron chi connectivity index (χ1n) is 8.82. The van der Waals surface area contributed by atoms with Gasteiger partial charge >= 0.3 is 12.4 Å². The molecule has 1 aliphatic rings. The van der Waals surface area contributed by atoms with Gasteiger partial charge in [0.15, 0.2) is 0 Å². The van der Waals surface area contributed by atoms with Crippen molar-refractivity contribution >= 4 is 5.71 Å². The van der Waals surface area contributed by atoms with Gasteiger partial charge in [-0.15, -0.1) is 0 Å². The minimum absolute atomic E-state index is 0.0543. The zero-order chi connectivity index (χ0) is 22.1. The fourth-order valence-corrected chi connectivity index (χ4v) is 2.91. The molecule has 0 N–H and O–H groups in total. The molecule has 2 aromatic rings. The van der Waals surface area contributed by atoms with E-state index in [4.69, 9.17) is 9.47 Å². The van der Waals surface area contributed by atoms with Gasteiger partial charge in [0.05, 0.1) is 36.1 Å². The van der Waals surface area contributed by atoms with Gasteiger partial charge in [-0.25, -0.2) is 4.39 Å². The number of hydrogen-bond donors (Lipinski definition) is 0. The van der Waals surface area contributed by atoms with Crippen LogP contribution >= 0.6 is 0 Å². The van der Waals surface area contributed by atoms with Crippen LogP contribution in [0.3, 0.4) is 0 Å². The minimum Gasteiger partial charge on any atom is -0.345 e. The second-order valence-corrected chi connectivity index (χ2v) is 6.59. The lowest BCUT2D eigenvalue weighted by molar-refractivity contribution is -0.144. The van der Waals surface area contributed by atoms with Gasteiger partial charge in [0.2, 0.25) is 6.29 Å². The van der Waals surface area contributed by atoms with Crippen LogP contribution in [-0.4, -0.2) is 25.2 Å². The molecule has 0 aromatic heterocycles. The molecule has 162 valence electrons. The van der Waals surface area contributed by atoms with Crippen LogP contribution in [0, 0.1) is 5.82 Å². The number of rotatable bonds is 4. The first-order chi connectivity index (χ1) is 13.9. The molecule has 0 saturated heterocycles. The Hall–Kier alpha value is -2.46. The van der Waals surface area contributed by atoms with Crippen molar-refractivity contribution < 1.29 is 40.2 Å². The van der Waals surface area contributed by atoms with Crippen molar-refractivity contribution in [2.45, 2.75) is 31.7 Å². The summed E-state index contributed by atoms with van der Waals surface area (Å²) in [5.74, 6) is -0.481. The molecule has 30 heavy (non-hydrogen) atoms. The van der Waals surface area contributed by atoms with E-state index in [-0.39, 0.29) is 30.5 Å². The fraction of sp³-hybridized carbons (Fsp3) is 0.350. The lowest BCUT2D eigenvalue weighted by Crippen LogP contribution is -2.34. The summed E-state index contributed by atoms with van der Waals surface area (Å²) in [7, 11) is 0. The Labute approximate surface area is 167 Å².